The molecule has 0 bridgehead atoms. The molecule has 1 N–H and O–H groups in total. The Balaban J connectivity index is 1.65. The summed E-state index contributed by atoms with van der Waals surface area (Å²) >= 11 is 0. The van der Waals surface area contributed by atoms with Crippen molar-refractivity contribution in [1.82, 2.24) is 0 Å². The van der Waals surface area contributed by atoms with E-state index in [1.54, 1.807) is 7.11 Å². The summed E-state index contributed by atoms with van der Waals surface area (Å²) in [5.41, 5.74) is 3.85. The maximum atomic E-state index is 5.78. The lowest BCUT2D eigenvalue weighted by molar-refractivity contribution is 0.305. The molecule has 19 heavy (non-hydrogen) atoms. The van der Waals surface area contributed by atoms with E-state index < -0.39 is 0 Å². The largest absolute Gasteiger partial charge is 0.497 e. The van der Waals surface area contributed by atoms with Crippen molar-refractivity contribution in [3.8, 4) is 11.5 Å². The van der Waals surface area contributed by atoms with Gasteiger partial charge < -0.3 is 14.8 Å². The Bertz CT molecular complexity index is 563. The van der Waals surface area contributed by atoms with E-state index in [2.05, 4.69) is 23.5 Å². The van der Waals surface area contributed by atoms with Crippen LogP contribution in [0.5, 0.6) is 11.5 Å². The van der Waals surface area contributed by atoms with E-state index in [1.807, 2.05) is 24.3 Å². The molecule has 0 radical (unpaired) electrons. The molecule has 0 amide bonds. The number of benzene rings is 2. The SMILES string of the molecule is COc1ccc(OCc2ccc3c(c2)CCN3)cc1. The lowest BCUT2D eigenvalue weighted by Gasteiger charge is -2.08. The second kappa shape index (κ2) is 5.22. The highest BCUT2D eigenvalue weighted by atomic mass is 16.5. The third-order valence-electron chi connectivity index (χ3n) is 3.34. The van der Waals surface area contributed by atoms with Crippen LogP contribution in [0.2, 0.25) is 0 Å². The Hall–Kier alpha value is -2.16. The van der Waals surface area contributed by atoms with Gasteiger partial charge in [-0.25, -0.2) is 0 Å². The predicted octanol–water partition coefficient (Wildman–Crippen LogP) is 3.24. The summed E-state index contributed by atoms with van der Waals surface area (Å²) < 4.78 is 10.9. The van der Waals surface area contributed by atoms with Crippen LogP contribution in [0.4, 0.5) is 5.69 Å². The molecule has 98 valence electrons. The van der Waals surface area contributed by atoms with Gasteiger partial charge in [0, 0.05) is 12.2 Å². The molecular weight excluding hydrogens is 238 g/mol. The number of fused-ring (bicyclic) bond motifs is 1. The van der Waals surface area contributed by atoms with Gasteiger partial charge in [-0.1, -0.05) is 12.1 Å². The lowest BCUT2D eigenvalue weighted by atomic mass is 10.1. The van der Waals surface area contributed by atoms with Gasteiger partial charge in [0.1, 0.15) is 18.1 Å². The van der Waals surface area contributed by atoms with E-state index in [0.717, 1.165) is 24.5 Å². The van der Waals surface area contributed by atoms with Crippen molar-refractivity contribution in [1.29, 1.82) is 0 Å². The molecule has 1 aliphatic rings. The van der Waals surface area contributed by atoms with Crippen LogP contribution in [-0.2, 0) is 13.0 Å². The standard InChI is InChI=1S/C16H17NO2/c1-18-14-3-5-15(6-4-14)19-11-12-2-7-16-13(10-12)8-9-17-16/h2-7,10,17H,8-9,11H2,1H3. The molecule has 3 heteroatoms. The molecule has 0 unspecified atom stereocenters. The predicted molar refractivity (Wildman–Crippen MR) is 76.0 cm³/mol. The molecule has 0 saturated heterocycles. The highest BCUT2D eigenvalue weighted by Crippen LogP contribution is 2.24. The molecule has 0 aromatic heterocycles. The van der Waals surface area contributed by atoms with Crippen LogP contribution < -0.4 is 14.8 Å². The van der Waals surface area contributed by atoms with Gasteiger partial charge in [-0.3, -0.25) is 0 Å². The average Bonchev–Trinajstić information content (AvgIpc) is 2.93. The Kier molecular flexibility index (Phi) is 3.27. The first-order valence-corrected chi connectivity index (χ1v) is 6.48. The number of hydrogen-bond acceptors (Lipinski definition) is 3. The fourth-order valence-electron chi connectivity index (χ4n) is 2.29. The topological polar surface area (TPSA) is 30.5 Å². The van der Waals surface area contributed by atoms with E-state index in [9.17, 15) is 0 Å². The summed E-state index contributed by atoms with van der Waals surface area (Å²) in [6.07, 6.45) is 1.10. The maximum absolute atomic E-state index is 5.78. The zero-order valence-electron chi connectivity index (χ0n) is 11.0. The quantitative estimate of drug-likeness (QED) is 0.909. The van der Waals surface area contributed by atoms with E-state index in [1.165, 1.54) is 16.8 Å². The molecule has 0 spiro atoms. The van der Waals surface area contributed by atoms with Crippen LogP contribution in [0.1, 0.15) is 11.1 Å². The highest BCUT2D eigenvalue weighted by Gasteiger charge is 2.09. The second-order valence-corrected chi connectivity index (χ2v) is 4.63. The second-order valence-electron chi connectivity index (χ2n) is 4.63. The minimum absolute atomic E-state index is 0.597. The highest BCUT2D eigenvalue weighted by molar-refractivity contribution is 5.56. The van der Waals surface area contributed by atoms with E-state index in [4.69, 9.17) is 9.47 Å². The lowest BCUT2D eigenvalue weighted by Crippen LogP contribution is -1.96. The molecule has 2 aromatic carbocycles. The number of nitrogens with one attached hydrogen (secondary N) is 1. The van der Waals surface area contributed by atoms with Crippen molar-refractivity contribution in [3.63, 3.8) is 0 Å². The Morgan fingerprint density at radius 2 is 1.84 bits per heavy atom. The average molecular weight is 255 g/mol. The van der Waals surface area contributed by atoms with Crippen LogP contribution in [-0.4, -0.2) is 13.7 Å². The van der Waals surface area contributed by atoms with Gasteiger partial charge in [-0.2, -0.15) is 0 Å². The maximum Gasteiger partial charge on any atom is 0.120 e. The number of hydrogen-bond donors (Lipinski definition) is 1. The summed E-state index contributed by atoms with van der Waals surface area (Å²) in [6, 6.07) is 14.1. The Morgan fingerprint density at radius 3 is 2.63 bits per heavy atom. The first-order chi connectivity index (χ1) is 9.35. The molecule has 0 saturated carbocycles. The van der Waals surface area contributed by atoms with Crippen LogP contribution in [0.15, 0.2) is 42.5 Å². The first kappa shape index (κ1) is 11.9. The van der Waals surface area contributed by atoms with Crippen LogP contribution in [0, 0.1) is 0 Å². The number of rotatable bonds is 4. The Morgan fingerprint density at radius 1 is 1.05 bits per heavy atom. The summed E-state index contributed by atoms with van der Waals surface area (Å²) in [5.74, 6) is 1.70. The molecule has 1 aliphatic heterocycles. The smallest absolute Gasteiger partial charge is 0.120 e. The van der Waals surface area contributed by atoms with Crippen molar-refractivity contribution < 1.29 is 9.47 Å². The normalized spacial score (nSPS) is 12.7. The third kappa shape index (κ3) is 2.65. The van der Waals surface area contributed by atoms with E-state index in [0.29, 0.717) is 6.61 Å². The summed E-state index contributed by atoms with van der Waals surface area (Å²) in [4.78, 5) is 0. The minimum atomic E-state index is 0.597. The third-order valence-corrected chi connectivity index (χ3v) is 3.34. The van der Waals surface area contributed by atoms with Gasteiger partial charge in [-0.05, 0) is 47.9 Å². The van der Waals surface area contributed by atoms with Crippen LogP contribution >= 0.6 is 0 Å². The zero-order chi connectivity index (χ0) is 13.1. The molecule has 3 rings (SSSR count). The molecule has 1 heterocycles. The fraction of sp³-hybridized carbons (Fsp3) is 0.250. The molecular formula is C16H17NO2. The van der Waals surface area contributed by atoms with Gasteiger partial charge in [-0.15, -0.1) is 0 Å². The fourth-order valence-corrected chi connectivity index (χ4v) is 2.29. The van der Waals surface area contributed by atoms with Crippen LogP contribution in [0.25, 0.3) is 0 Å². The Labute approximate surface area is 113 Å². The molecule has 0 aliphatic carbocycles. The zero-order valence-corrected chi connectivity index (χ0v) is 11.0. The summed E-state index contributed by atoms with van der Waals surface area (Å²) in [5, 5.41) is 3.36. The minimum Gasteiger partial charge on any atom is -0.497 e. The first-order valence-electron chi connectivity index (χ1n) is 6.48. The van der Waals surface area contributed by atoms with Crippen LogP contribution in [0.3, 0.4) is 0 Å². The number of methoxy groups -OCH3 is 1. The monoisotopic (exact) mass is 255 g/mol. The molecule has 0 fully saturated rings. The van der Waals surface area contributed by atoms with E-state index >= 15 is 0 Å². The van der Waals surface area contributed by atoms with Crippen molar-refractivity contribution in [3.05, 3.63) is 53.6 Å². The number of anilines is 1. The van der Waals surface area contributed by atoms with Gasteiger partial charge in [0.05, 0.1) is 7.11 Å². The van der Waals surface area contributed by atoms with Gasteiger partial charge in [0.2, 0.25) is 0 Å². The van der Waals surface area contributed by atoms with Crippen molar-refractivity contribution >= 4 is 5.69 Å². The van der Waals surface area contributed by atoms with E-state index in [-0.39, 0.29) is 0 Å². The van der Waals surface area contributed by atoms with Crippen molar-refractivity contribution in [2.24, 2.45) is 0 Å². The molecule has 2 aromatic rings. The van der Waals surface area contributed by atoms with Gasteiger partial charge in [0.15, 0.2) is 0 Å². The van der Waals surface area contributed by atoms with Gasteiger partial charge >= 0.3 is 0 Å². The molecule has 0 atom stereocenters. The summed E-state index contributed by atoms with van der Waals surface area (Å²) in [6.45, 7) is 1.64. The summed E-state index contributed by atoms with van der Waals surface area (Å²) in [7, 11) is 1.66. The molecule has 3 nitrogen and oxygen atoms in total. The number of ether oxygens (including phenoxy) is 2. The van der Waals surface area contributed by atoms with Crippen molar-refractivity contribution in [2.45, 2.75) is 13.0 Å². The van der Waals surface area contributed by atoms with Gasteiger partial charge in [0.25, 0.3) is 0 Å². The van der Waals surface area contributed by atoms with Crippen molar-refractivity contribution in [2.75, 3.05) is 19.0 Å².